The molecule has 2 aromatic carbocycles. The van der Waals surface area contributed by atoms with Gasteiger partial charge in [-0.1, -0.05) is 95.5 Å². The molecular formula is C29H39NO4. The van der Waals surface area contributed by atoms with Crippen LogP contribution in [0.4, 0.5) is 4.79 Å². The zero-order chi connectivity index (χ0) is 24.5. The minimum Gasteiger partial charge on any atom is -0.461 e. The molecule has 2 aromatic rings. The Morgan fingerprint density at radius 2 is 1.53 bits per heavy atom. The summed E-state index contributed by atoms with van der Waals surface area (Å²) in [6.45, 7) is 8.23. The molecule has 2 atom stereocenters. The standard InChI is InChI=1S/C29H39NO4/c1-5-7-8-9-14-21(6-2)34-28(31)27(20(3)4)30-29(32)33-19-26-24-17-12-10-15-22(24)23-16-11-13-18-25(23)26/h10-13,15-18,20-21,26-27H,5-9,14,19H2,1-4H3,(H,30,32)/t21-,27+/m1/s1. The number of hydrogen-bond acceptors (Lipinski definition) is 4. The summed E-state index contributed by atoms with van der Waals surface area (Å²) in [7, 11) is 0. The van der Waals surface area contributed by atoms with Crippen LogP contribution in [0.5, 0.6) is 0 Å². The fourth-order valence-corrected chi connectivity index (χ4v) is 4.65. The molecule has 0 spiro atoms. The third-order valence-electron chi connectivity index (χ3n) is 6.66. The molecule has 0 fully saturated rings. The highest BCUT2D eigenvalue weighted by molar-refractivity contribution is 5.82. The molecule has 184 valence electrons. The first kappa shape index (κ1) is 25.8. The van der Waals surface area contributed by atoms with Crippen LogP contribution in [0, 0.1) is 5.92 Å². The summed E-state index contributed by atoms with van der Waals surface area (Å²) in [5, 5.41) is 2.76. The molecule has 0 aromatic heterocycles. The second-order valence-corrected chi connectivity index (χ2v) is 9.51. The molecule has 3 rings (SSSR count). The lowest BCUT2D eigenvalue weighted by Gasteiger charge is -2.24. The molecule has 0 saturated carbocycles. The third-order valence-corrected chi connectivity index (χ3v) is 6.66. The van der Waals surface area contributed by atoms with Crippen molar-refractivity contribution in [1.29, 1.82) is 0 Å². The zero-order valence-corrected chi connectivity index (χ0v) is 21.0. The van der Waals surface area contributed by atoms with Crippen LogP contribution in [0.25, 0.3) is 11.1 Å². The molecule has 0 unspecified atom stereocenters. The predicted octanol–water partition coefficient (Wildman–Crippen LogP) is 6.84. The summed E-state index contributed by atoms with van der Waals surface area (Å²) in [5.74, 6) is -0.508. The SMILES string of the molecule is CCCCCC[C@@H](CC)OC(=O)[C@@H](NC(=O)OCC1c2ccccc2-c2ccccc21)C(C)C. The number of alkyl carbamates (subject to hydrolysis) is 1. The minimum atomic E-state index is -0.736. The molecule has 1 aliphatic rings. The van der Waals surface area contributed by atoms with E-state index in [-0.39, 0.29) is 30.5 Å². The highest BCUT2D eigenvalue weighted by atomic mass is 16.6. The number of rotatable bonds is 12. The van der Waals surface area contributed by atoms with Crippen molar-refractivity contribution < 1.29 is 19.1 Å². The first-order chi connectivity index (χ1) is 16.5. The molecule has 0 saturated heterocycles. The van der Waals surface area contributed by atoms with Crippen LogP contribution in [0.3, 0.4) is 0 Å². The Bertz CT molecular complexity index is 909. The molecular weight excluding hydrogens is 426 g/mol. The van der Waals surface area contributed by atoms with E-state index < -0.39 is 12.1 Å². The van der Waals surface area contributed by atoms with Gasteiger partial charge in [0.05, 0.1) is 0 Å². The van der Waals surface area contributed by atoms with Crippen molar-refractivity contribution in [1.82, 2.24) is 5.32 Å². The monoisotopic (exact) mass is 465 g/mol. The molecule has 5 heteroatoms. The number of benzene rings is 2. The topological polar surface area (TPSA) is 64.6 Å². The molecule has 0 radical (unpaired) electrons. The van der Waals surface area contributed by atoms with Crippen molar-refractivity contribution in [2.45, 2.75) is 84.3 Å². The van der Waals surface area contributed by atoms with Crippen molar-refractivity contribution in [3.05, 3.63) is 59.7 Å². The summed E-state index contributed by atoms with van der Waals surface area (Å²) in [5.41, 5.74) is 4.68. The van der Waals surface area contributed by atoms with Crippen molar-refractivity contribution in [3.8, 4) is 11.1 Å². The summed E-state index contributed by atoms with van der Waals surface area (Å²) in [6.07, 6.45) is 5.50. The van der Waals surface area contributed by atoms with Crippen molar-refractivity contribution in [2.75, 3.05) is 6.61 Å². The Kier molecular flexibility index (Phi) is 9.55. The number of hydrogen-bond donors (Lipinski definition) is 1. The summed E-state index contributed by atoms with van der Waals surface area (Å²) >= 11 is 0. The van der Waals surface area contributed by atoms with Gasteiger partial charge in [0.1, 0.15) is 18.8 Å². The van der Waals surface area contributed by atoms with Gasteiger partial charge in [-0.25, -0.2) is 9.59 Å². The van der Waals surface area contributed by atoms with Crippen molar-refractivity contribution in [2.24, 2.45) is 5.92 Å². The third kappa shape index (κ3) is 6.40. The van der Waals surface area contributed by atoms with E-state index in [2.05, 4.69) is 36.5 Å². The average Bonchev–Trinajstić information content (AvgIpc) is 3.16. The summed E-state index contributed by atoms with van der Waals surface area (Å²) in [6, 6.07) is 15.7. The lowest BCUT2D eigenvalue weighted by Crippen LogP contribution is -2.46. The first-order valence-corrected chi connectivity index (χ1v) is 12.8. The van der Waals surface area contributed by atoms with Crippen LogP contribution in [-0.4, -0.2) is 30.8 Å². The molecule has 1 amide bonds. The van der Waals surface area contributed by atoms with E-state index in [0.29, 0.717) is 0 Å². The van der Waals surface area contributed by atoms with E-state index in [4.69, 9.17) is 9.47 Å². The van der Waals surface area contributed by atoms with Crippen molar-refractivity contribution in [3.63, 3.8) is 0 Å². The average molecular weight is 466 g/mol. The van der Waals surface area contributed by atoms with E-state index >= 15 is 0 Å². The minimum absolute atomic E-state index is 0.0183. The number of unbranched alkanes of at least 4 members (excludes halogenated alkanes) is 3. The van der Waals surface area contributed by atoms with Crippen LogP contribution in [0.15, 0.2) is 48.5 Å². The Balaban J connectivity index is 1.57. The molecule has 5 nitrogen and oxygen atoms in total. The maximum Gasteiger partial charge on any atom is 0.407 e. The van der Waals surface area contributed by atoms with Gasteiger partial charge in [0.15, 0.2) is 0 Å². The van der Waals surface area contributed by atoms with Crippen LogP contribution in [0.2, 0.25) is 0 Å². The Hall–Kier alpha value is -2.82. The lowest BCUT2D eigenvalue weighted by molar-refractivity contribution is -0.153. The molecule has 34 heavy (non-hydrogen) atoms. The Morgan fingerprint density at radius 1 is 0.912 bits per heavy atom. The fourth-order valence-electron chi connectivity index (χ4n) is 4.65. The van der Waals surface area contributed by atoms with Gasteiger partial charge < -0.3 is 14.8 Å². The highest BCUT2D eigenvalue weighted by Crippen LogP contribution is 2.44. The van der Waals surface area contributed by atoms with Crippen LogP contribution >= 0.6 is 0 Å². The molecule has 1 aliphatic carbocycles. The molecule has 0 heterocycles. The second kappa shape index (κ2) is 12.6. The number of amides is 1. The number of nitrogens with one attached hydrogen (secondary N) is 1. The maximum atomic E-state index is 12.9. The number of fused-ring (bicyclic) bond motifs is 3. The Morgan fingerprint density at radius 3 is 2.09 bits per heavy atom. The normalized spacial score (nSPS) is 14.3. The van der Waals surface area contributed by atoms with Gasteiger partial charge in [0, 0.05) is 5.92 Å². The van der Waals surface area contributed by atoms with Gasteiger partial charge in [-0.3, -0.25) is 0 Å². The molecule has 1 N–H and O–H groups in total. The lowest BCUT2D eigenvalue weighted by atomic mass is 9.98. The summed E-state index contributed by atoms with van der Waals surface area (Å²) < 4.78 is 11.4. The number of carbonyl (C=O) groups excluding carboxylic acids is 2. The smallest absolute Gasteiger partial charge is 0.407 e. The van der Waals surface area contributed by atoms with Gasteiger partial charge in [0.2, 0.25) is 0 Å². The number of esters is 1. The van der Waals surface area contributed by atoms with E-state index in [1.807, 2.05) is 45.0 Å². The van der Waals surface area contributed by atoms with Gasteiger partial charge in [-0.15, -0.1) is 0 Å². The van der Waals surface area contributed by atoms with Crippen LogP contribution < -0.4 is 5.32 Å². The fraction of sp³-hybridized carbons (Fsp3) is 0.517. The van der Waals surface area contributed by atoms with E-state index in [1.165, 1.54) is 24.0 Å². The van der Waals surface area contributed by atoms with Crippen molar-refractivity contribution >= 4 is 12.1 Å². The van der Waals surface area contributed by atoms with E-state index in [1.54, 1.807) is 0 Å². The van der Waals surface area contributed by atoms with E-state index in [9.17, 15) is 9.59 Å². The molecule has 0 aliphatic heterocycles. The van der Waals surface area contributed by atoms with Crippen LogP contribution in [-0.2, 0) is 14.3 Å². The maximum absolute atomic E-state index is 12.9. The molecule has 0 bridgehead atoms. The Labute approximate surface area is 204 Å². The quantitative estimate of drug-likeness (QED) is 0.275. The summed E-state index contributed by atoms with van der Waals surface area (Å²) in [4.78, 5) is 25.6. The number of carbonyl (C=O) groups is 2. The predicted molar refractivity (Wildman–Crippen MR) is 136 cm³/mol. The van der Waals surface area contributed by atoms with Gasteiger partial charge in [0.25, 0.3) is 0 Å². The largest absolute Gasteiger partial charge is 0.461 e. The first-order valence-electron chi connectivity index (χ1n) is 12.8. The van der Waals surface area contributed by atoms with Crippen LogP contribution in [0.1, 0.15) is 83.3 Å². The number of ether oxygens (including phenoxy) is 2. The highest BCUT2D eigenvalue weighted by Gasteiger charge is 2.31. The van der Waals surface area contributed by atoms with Gasteiger partial charge >= 0.3 is 12.1 Å². The van der Waals surface area contributed by atoms with E-state index in [0.717, 1.165) is 36.8 Å². The van der Waals surface area contributed by atoms with Gasteiger partial charge in [-0.05, 0) is 47.4 Å². The van der Waals surface area contributed by atoms with Gasteiger partial charge in [-0.2, -0.15) is 0 Å². The second-order valence-electron chi connectivity index (χ2n) is 9.51. The zero-order valence-electron chi connectivity index (χ0n) is 21.0.